The van der Waals surface area contributed by atoms with Gasteiger partial charge in [-0.1, -0.05) is 0 Å². The molecule has 0 bridgehead atoms. The Morgan fingerprint density at radius 1 is 1.50 bits per heavy atom. The maximum atomic E-state index is 10.8. The second-order valence-corrected chi connectivity index (χ2v) is 2.11. The second kappa shape index (κ2) is 3.23. The molecule has 0 aliphatic carbocycles. The highest BCUT2D eigenvalue weighted by Gasteiger charge is 2.13. The van der Waals surface area contributed by atoms with Crippen LogP contribution in [0.1, 0.15) is 0 Å². The van der Waals surface area contributed by atoms with E-state index in [0.717, 1.165) is 13.1 Å². The van der Waals surface area contributed by atoms with Crippen LogP contribution >= 0.6 is 0 Å². The molecule has 1 aliphatic heterocycles. The quantitative estimate of drug-likeness (QED) is 0.397. The highest BCUT2D eigenvalue weighted by molar-refractivity contribution is 5.92. The molecule has 53 valence electrons. The summed E-state index contributed by atoms with van der Waals surface area (Å²) >= 11 is 0. The van der Waals surface area contributed by atoms with E-state index in [1.165, 1.54) is 0 Å². The first-order chi connectivity index (χ1) is 4.84. The summed E-state index contributed by atoms with van der Waals surface area (Å²) in [5, 5.41) is 4.08. The average molecular weight is 137 g/mol. The number of amides is 1. The molecule has 3 nitrogen and oxygen atoms in total. The van der Waals surface area contributed by atoms with Gasteiger partial charge in [0.05, 0.1) is 0 Å². The lowest BCUT2D eigenvalue weighted by Gasteiger charge is -2.23. The molecule has 0 atom stereocenters. The lowest BCUT2D eigenvalue weighted by Crippen LogP contribution is -2.43. The van der Waals surface area contributed by atoms with E-state index < -0.39 is 0 Å². The third-order valence-electron chi connectivity index (χ3n) is 1.47. The first-order valence-corrected chi connectivity index (χ1v) is 3.23. The van der Waals surface area contributed by atoms with Crippen molar-refractivity contribution in [3.05, 3.63) is 0 Å². The molecule has 0 unspecified atom stereocenters. The summed E-state index contributed by atoms with van der Waals surface area (Å²) in [5.74, 6) is 1.87. The molecule has 1 heterocycles. The zero-order valence-corrected chi connectivity index (χ0v) is 5.71. The molecule has 0 aromatic carbocycles. The van der Waals surface area contributed by atoms with Crippen molar-refractivity contribution in [2.45, 2.75) is 0 Å². The highest BCUT2D eigenvalue weighted by Crippen LogP contribution is 1.92. The van der Waals surface area contributed by atoms with E-state index in [9.17, 15) is 4.79 Å². The van der Waals surface area contributed by atoms with Crippen molar-refractivity contribution in [3.8, 4) is 12.3 Å². The van der Waals surface area contributed by atoms with E-state index in [1.54, 1.807) is 4.90 Å². The van der Waals surface area contributed by atoms with Crippen LogP contribution in [0, 0.1) is 12.3 Å². The summed E-state index contributed by atoms with van der Waals surface area (Å²) in [6.07, 6.45) is 4.93. The molecule has 10 heavy (non-hydrogen) atoms. The maximum Gasteiger partial charge on any atom is 0.298 e. The molecule has 1 amide bonds. The Kier molecular flexibility index (Phi) is 2.30. The van der Waals surface area contributed by atoms with Crippen molar-refractivity contribution in [2.24, 2.45) is 0 Å². The highest BCUT2D eigenvalue weighted by atomic mass is 16.2. The Hall–Kier alpha value is -1.01. The largest absolute Gasteiger partial charge is 0.329 e. The van der Waals surface area contributed by atoms with Crippen LogP contribution in [-0.2, 0) is 4.79 Å². The van der Waals surface area contributed by atoms with Crippen LogP contribution in [0.15, 0.2) is 0 Å². The number of rotatable bonds is 0. The Morgan fingerprint density at radius 2 is 2.10 bits per heavy atom. The molecule has 1 saturated heterocycles. The lowest BCUT2D eigenvalue weighted by molar-refractivity contribution is -0.125. The molecule has 3 heteroatoms. The molecular formula is C7H9N2O. The van der Waals surface area contributed by atoms with E-state index in [1.807, 2.05) is 0 Å². The molecule has 1 radical (unpaired) electrons. The molecule has 1 rings (SSSR count). The predicted molar refractivity (Wildman–Crippen MR) is 37.3 cm³/mol. The van der Waals surface area contributed by atoms with E-state index in [4.69, 9.17) is 6.42 Å². The number of terminal acetylenes is 1. The van der Waals surface area contributed by atoms with Crippen LogP contribution in [0.4, 0.5) is 0 Å². The molecule has 0 saturated carbocycles. The first kappa shape index (κ1) is 7.10. The SMILES string of the molecule is C#CC(=O)N1CC[N]CC1. The monoisotopic (exact) mass is 137 g/mol. The van der Waals surface area contributed by atoms with Crippen LogP contribution in [0.5, 0.6) is 0 Å². The van der Waals surface area contributed by atoms with Gasteiger partial charge in [-0.15, -0.1) is 6.42 Å². The topological polar surface area (TPSA) is 34.4 Å². The van der Waals surface area contributed by atoms with Crippen molar-refractivity contribution in [3.63, 3.8) is 0 Å². The summed E-state index contributed by atoms with van der Waals surface area (Å²) in [5.41, 5.74) is 0. The zero-order chi connectivity index (χ0) is 7.40. The van der Waals surface area contributed by atoms with Gasteiger partial charge in [0.15, 0.2) is 0 Å². The third-order valence-corrected chi connectivity index (χ3v) is 1.47. The van der Waals surface area contributed by atoms with Gasteiger partial charge in [-0.2, -0.15) is 0 Å². The van der Waals surface area contributed by atoms with E-state index in [-0.39, 0.29) is 5.91 Å². The van der Waals surface area contributed by atoms with Gasteiger partial charge in [-0.3, -0.25) is 4.79 Å². The standard InChI is InChI=1S/C7H9N2O/c1-2-7(10)9-5-3-8-4-6-9/h1H,3-6H2. The van der Waals surface area contributed by atoms with Crippen LogP contribution in [0.2, 0.25) is 0 Å². The molecule has 1 fully saturated rings. The summed E-state index contributed by atoms with van der Waals surface area (Å²) < 4.78 is 0. The smallest absolute Gasteiger partial charge is 0.298 e. The summed E-state index contributed by atoms with van der Waals surface area (Å²) in [7, 11) is 0. The third kappa shape index (κ3) is 1.49. The minimum atomic E-state index is -0.213. The molecular weight excluding hydrogens is 128 g/mol. The summed E-state index contributed by atoms with van der Waals surface area (Å²) in [6.45, 7) is 2.83. The number of hydrogen-bond donors (Lipinski definition) is 0. The molecule has 0 N–H and O–H groups in total. The van der Waals surface area contributed by atoms with E-state index >= 15 is 0 Å². The molecule has 0 aromatic heterocycles. The van der Waals surface area contributed by atoms with Gasteiger partial charge in [-0.25, -0.2) is 5.32 Å². The van der Waals surface area contributed by atoms with Gasteiger partial charge in [0.2, 0.25) is 0 Å². The van der Waals surface area contributed by atoms with Crippen LogP contribution < -0.4 is 5.32 Å². The Bertz CT molecular complexity index is 165. The van der Waals surface area contributed by atoms with Gasteiger partial charge in [-0.05, 0) is 5.92 Å². The van der Waals surface area contributed by atoms with Gasteiger partial charge < -0.3 is 4.90 Å². The second-order valence-electron chi connectivity index (χ2n) is 2.11. The normalized spacial score (nSPS) is 18.1. The van der Waals surface area contributed by atoms with Crippen molar-refractivity contribution in [2.75, 3.05) is 26.2 Å². The van der Waals surface area contributed by atoms with Gasteiger partial charge in [0, 0.05) is 26.2 Å². The number of carbonyl (C=O) groups excluding carboxylic acids is 1. The van der Waals surface area contributed by atoms with Crippen LogP contribution in [0.25, 0.3) is 0 Å². The van der Waals surface area contributed by atoms with Crippen molar-refractivity contribution in [1.29, 1.82) is 0 Å². The Labute approximate surface area is 60.4 Å². The Balaban J connectivity index is 2.40. The van der Waals surface area contributed by atoms with Gasteiger partial charge in [0.25, 0.3) is 5.91 Å². The van der Waals surface area contributed by atoms with Crippen molar-refractivity contribution >= 4 is 5.91 Å². The van der Waals surface area contributed by atoms with E-state index in [0.29, 0.717) is 13.1 Å². The first-order valence-electron chi connectivity index (χ1n) is 3.23. The van der Waals surface area contributed by atoms with Gasteiger partial charge in [0.1, 0.15) is 0 Å². The van der Waals surface area contributed by atoms with E-state index in [2.05, 4.69) is 11.2 Å². The average Bonchev–Trinajstić information content (AvgIpc) is 2.05. The molecule has 0 aromatic rings. The summed E-state index contributed by atoms with van der Waals surface area (Å²) in [6, 6.07) is 0. The van der Waals surface area contributed by atoms with Crippen molar-refractivity contribution in [1.82, 2.24) is 10.2 Å². The fourth-order valence-electron chi connectivity index (χ4n) is 0.901. The van der Waals surface area contributed by atoms with Crippen LogP contribution in [0.3, 0.4) is 0 Å². The fourth-order valence-corrected chi connectivity index (χ4v) is 0.901. The minimum Gasteiger partial charge on any atom is -0.329 e. The number of nitrogens with zero attached hydrogens (tertiary/aromatic N) is 2. The minimum absolute atomic E-state index is 0.213. The van der Waals surface area contributed by atoms with Gasteiger partial charge >= 0.3 is 0 Å². The van der Waals surface area contributed by atoms with Crippen LogP contribution in [-0.4, -0.2) is 37.0 Å². The predicted octanol–water partition coefficient (Wildman–Crippen LogP) is -0.934. The molecule has 1 aliphatic rings. The Morgan fingerprint density at radius 3 is 2.60 bits per heavy atom. The summed E-state index contributed by atoms with van der Waals surface area (Å²) in [4.78, 5) is 12.5. The van der Waals surface area contributed by atoms with Crippen molar-refractivity contribution < 1.29 is 4.79 Å². The maximum absolute atomic E-state index is 10.8. The molecule has 0 spiro atoms. The number of piperazine rings is 1. The fraction of sp³-hybridized carbons (Fsp3) is 0.571. The number of carbonyl (C=O) groups is 1. The lowest BCUT2D eigenvalue weighted by atomic mass is 10.3. The number of hydrogen-bond acceptors (Lipinski definition) is 1. The zero-order valence-electron chi connectivity index (χ0n) is 5.71.